The van der Waals surface area contributed by atoms with Crippen LogP contribution >= 0.6 is 0 Å². The highest BCUT2D eigenvalue weighted by molar-refractivity contribution is 5.84. The van der Waals surface area contributed by atoms with Crippen molar-refractivity contribution in [2.24, 2.45) is 17.3 Å². The van der Waals surface area contributed by atoms with Crippen LogP contribution < -0.4 is 5.32 Å². The molecule has 2 rings (SSSR count). The van der Waals surface area contributed by atoms with Crippen molar-refractivity contribution in [2.75, 3.05) is 6.54 Å². The van der Waals surface area contributed by atoms with Crippen LogP contribution in [0.5, 0.6) is 0 Å². The van der Waals surface area contributed by atoms with Gasteiger partial charge in [0.05, 0.1) is 12.2 Å². The first kappa shape index (κ1) is 14.8. The molecule has 2 atom stereocenters. The van der Waals surface area contributed by atoms with Crippen molar-refractivity contribution < 1.29 is 4.79 Å². The maximum absolute atomic E-state index is 12.6. The number of hydrogen-bond acceptors (Lipinski definition) is 2. The molecule has 0 spiro atoms. The van der Waals surface area contributed by atoms with Crippen LogP contribution in [-0.4, -0.2) is 29.6 Å². The maximum atomic E-state index is 12.6. The van der Waals surface area contributed by atoms with E-state index < -0.39 is 0 Å². The van der Waals surface area contributed by atoms with Gasteiger partial charge >= 0.3 is 0 Å². The molecule has 1 saturated carbocycles. The first-order valence-corrected chi connectivity index (χ1v) is 7.87. The van der Waals surface area contributed by atoms with Crippen molar-refractivity contribution >= 4 is 5.91 Å². The van der Waals surface area contributed by atoms with Crippen LogP contribution in [0.1, 0.15) is 60.3 Å². The van der Waals surface area contributed by atoms with E-state index in [1.54, 1.807) is 0 Å². The van der Waals surface area contributed by atoms with E-state index in [0.29, 0.717) is 23.2 Å². The van der Waals surface area contributed by atoms with Gasteiger partial charge in [-0.3, -0.25) is 10.1 Å². The van der Waals surface area contributed by atoms with Crippen LogP contribution in [0.3, 0.4) is 0 Å². The Balaban J connectivity index is 2.04. The zero-order chi connectivity index (χ0) is 14.2. The lowest BCUT2D eigenvalue weighted by Gasteiger charge is -2.28. The number of carbonyl (C=O) groups is 1. The Bertz CT molecular complexity index is 334. The summed E-state index contributed by atoms with van der Waals surface area (Å²) in [5.41, 5.74) is 0.402. The predicted molar refractivity (Wildman–Crippen MR) is 78.7 cm³/mol. The molecule has 1 aliphatic heterocycles. The first-order valence-electron chi connectivity index (χ1n) is 7.87. The molecule has 3 nitrogen and oxygen atoms in total. The number of nitrogens with one attached hydrogen (secondary N) is 1. The lowest BCUT2D eigenvalue weighted by atomic mass is 10.0. The Kier molecular flexibility index (Phi) is 4.24. The normalized spacial score (nSPS) is 29.6. The van der Waals surface area contributed by atoms with Gasteiger partial charge in [-0.15, -0.1) is 0 Å². The molecule has 110 valence electrons. The van der Waals surface area contributed by atoms with Gasteiger partial charge in [0, 0.05) is 6.54 Å². The molecule has 0 aromatic carbocycles. The zero-order valence-corrected chi connectivity index (χ0v) is 13.2. The third kappa shape index (κ3) is 3.71. The van der Waals surface area contributed by atoms with Gasteiger partial charge in [0.15, 0.2) is 0 Å². The molecular formula is C16H30N2O. The number of hydrogen-bond donors (Lipinski definition) is 1. The monoisotopic (exact) mass is 266 g/mol. The largest absolute Gasteiger partial charge is 0.325 e. The van der Waals surface area contributed by atoms with Gasteiger partial charge in [-0.05, 0) is 42.9 Å². The van der Waals surface area contributed by atoms with E-state index in [1.807, 2.05) is 0 Å². The van der Waals surface area contributed by atoms with Gasteiger partial charge in [0.2, 0.25) is 5.91 Å². The number of rotatable bonds is 6. The summed E-state index contributed by atoms with van der Waals surface area (Å²) in [6.07, 6.45) is 4.84. The Labute approximate surface area is 118 Å². The number of nitrogens with zero attached hydrogens (tertiary/aromatic N) is 1. The van der Waals surface area contributed by atoms with Crippen LogP contribution in [0, 0.1) is 17.3 Å². The molecule has 0 aromatic rings. The molecule has 2 fully saturated rings. The standard InChI is InChI=1S/C16H30N2O/c1-11(2)8-13-15(19)18(10-16(5)6-7-16)14(17-13)9-12(3)4/h11-14,17H,6-10H2,1-5H3. The summed E-state index contributed by atoms with van der Waals surface area (Å²) in [7, 11) is 0. The molecule has 1 heterocycles. The fourth-order valence-corrected chi connectivity index (χ4v) is 3.00. The van der Waals surface area contributed by atoms with Gasteiger partial charge < -0.3 is 4.90 Å². The van der Waals surface area contributed by atoms with Crippen LogP contribution in [0.2, 0.25) is 0 Å². The molecule has 3 heteroatoms. The van der Waals surface area contributed by atoms with Crippen molar-refractivity contribution in [1.29, 1.82) is 0 Å². The summed E-state index contributed by atoms with van der Waals surface area (Å²) in [5, 5.41) is 3.58. The van der Waals surface area contributed by atoms with E-state index in [0.717, 1.165) is 19.4 Å². The Hall–Kier alpha value is -0.570. The smallest absolute Gasteiger partial charge is 0.241 e. The van der Waals surface area contributed by atoms with Gasteiger partial charge in [-0.25, -0.2) is 0 Å². The van der Waals surface area contributed by atoms with Crippen LogP contribution in [0.25, 0.3) is 0 Å². The van der Waals surface area contributed by atoms with Gasteiger partial charge in [0.1, 0.15) is 0 Å². The highest BCUT2D eigenvalue weighted by Crippen LogP contribution is 2.46. The molecule has 1 amide bonds. The summed E-state index contributed by atoms with van der Waals surface area (Å²) in [4.78, 5) is 14.7. The predicted octanol–water partition coefficient (Wildman–Crippen LogP) is 3.01. The molecular weight excluding hydrogens is 236 g/mol. The van der Waals surface area contributed by atoms with E-state index in [1.165, 1.54) is 12.8 Å². The van der Waals surface area contributed by atoms with Crippen LogP contribution in [0.4, 0.5) is 0 Å². The van der Waals surface area contributed by atoms with E-state index in [9.17, 15) is 4.79 Å². The Morgan fingerprint density at radius 3 is 2.26 bits per heavy atom. The van der Waals surface area contributed by atoms with Gasteiger partial charge in [0.25, 0.3) is 0 Å². The second kappa shape index (κ2) is 5.43. The average Bonchev–Trinajstić information content (AvgIpc) is 2.94. The molecule has 2 aliphatic rings. The van der Waals surface area contributed by atoms with Crippen molar-refractivity contribution in [2.45, 2.75) is 72.5 Å². The van der Waals surface area contributed by atoms with Gasteiger partial charge in [-0.2, -0.15) is 0 Å². The summed E-state index contributed by atoms with van der Waals surface area (Å²) in [6, 6.07) is 0.0473. The van der Waals surface area contributed by atoms with Crippen LogP contribution in [-0.2, 0) is 4.79 Å². The third-order valence-electron chi connectivity index (χ3n) is 4.41. The highest BCUT2D eigenvalue weighted by Gasteiger charge is 2.46. The second-order valence-electron chi connectivity index (χ2n) is 7.77. The third-order valence-corrected chi connectivity index (χ3v) is 4.41. The number of carbonyl (C=O) groups excluding carboxylic acids is 1. The average molecular weight is 266 g/mol. The molecule has 0 aromatic heterocycles. The minimum absolute atomic E-state index is 0.0473. The molecule has 2 unspecified atom stereocenters. The van der Waals surface area contributed by atoms with Gasteiger partial charge in [-0.1, -0.05) is 34.6 Å². The zero-order valence-electron chi connectivity index (χ0n) is 13.2. The lowest BCUT2D eigenvalue weighted by Crippen LogP contribution is -2.41. The molecule has 1 N–H and O–H groups in total. The summed E-state index contributed by atoms with van der Waals surface area (Å²) < 4.78 is 0. The molecule has 1 saturated heterocycles. The highest BCUT2D eigenvalue weighted by atomic mass is 16.2. The molecule has 1 aliphatic carbocycles. The topological polar surface area (TPSA) is 32.3 Å². The van der Waals surface area contributed by atoms with E-state index in [-0.39, 0.29) is 12.2 Å². The van der Waals surface area contributed by atoms with Crippen molar-refractivity contribution in [1.82, 2.24) is 10.2 Å². The maximum Gasteiger partial charge on any atom is 0.241 e. The lowest BCUT2D eigenvalue weighted by molar-refractivity contribution is -0.131. The SMILES string of the molecule is CC(C)CC1NC(CC(C)C)N(CC2(C)CC2)C1=O. The fourth-order valence-electron chi connectivity index (χ4n) is 3.00. The van der Waals surface area contributed by atoms with E-state index in [2.05, 4.69) is 44.8 Å². The molecule has 0 bridgehead atoms. The first-order chi connectivity index (χ1) is 8.81. The fraction of sp³-hybridized carbons (Fsp3) is 0.938. The van der Waals surface area contributed by atoms with Crippen molar-refractivity contribution in [3.8, 4) is 0 Å². The minimum atomic E-state index is 0.0473. The Morgan fingerprint density at radius 2 is 1.79 bits per heavy atom. The molecule has 19 heavy (non-hydrogen) atoms. The minimum Gasteiger partial charge on any atom is -0.325 e. The van der Waals surface area contributed by atoms with E-state index in [4.69, 9.17) is 0 Å². The summed E-state index contributed by atoms with van der Waals surface area (Å²) in [5.74, 6) is 1.53. The summed E-state index contributed by atoms with van der Waals surface area (Å²) >= 11 is 0. The second-order valence-corrected chi connectivity index (χ2v) is 7.77. The number of amides is 1. The van der Waals surface area contributed by atoms with Crippen LogP contribution in [0.15, 0.2) is 0 Å². The Morgan fingerprint density at radius 1 is 1.21 bits per heavy atom. The van der Waals surface area contributed by atoms with Crippen molar-refractivity contribution in [3.05, 3.63) is 0 Å². The van der Waals surface area contributed by atoms with Crippen molar-refractivity contribution in [3.63, 3.8) is 0 Å². The summed E-state index contributed by atoms with van der Waals surface area (Å²) in [6.45, 7) is 12.1. The van der Waals surface area contributed by atoms with E-state index >= 15 is 0 Å². The molecule has 0 radical (unpaired) electrons. The quantitative estimate of drug-likeness (QED) is 0.801.